The molecule has 1 saturated heterocycles. The van der Waals surface area contributed by atoms with Crippen LogP contribution in [0.5, 0.6) is 0 Å². The highest BCUT2D eigenvalue weighted by Gasteiger charge is 2.54. The van der Waals surface area contributed by atoms with Gasteiger partial charge in [0.05, 0.1) is 6.54 Å². The fourth-order valence-corrected chi connectivity index (χ4v) is 4.08. The molecule has 0 aliphatic carbocycles. The van der Waals surface area contributed by atoms with E-state index in [1.54, 1.807) is 72.8 Å². The molecule has 0 aromatic heterocycles. The molecular weight excluding hydrogens is 430 g/mol. The van der Waals surface area contributed by atoms with Crippen molar-refractivity contribution in [2.45, 2.75) is 25.3 Å². The summed E-state index contributed by atoms with van der Waals surface area (Å²) in [7, 11) is 0. The number of hydrogen-bond acceptors (Lipinski definition) is 4. The second kappa shape index (κ2) is 9.70. The van der Waals surface area contributed by atoms with Gasteiger partial charge in [0.1, 0.15) is 0 Å². The van der Waals surface area contributed by atoms with Crippen LogP contribution in [0.2, 0.25) is 0 Å². The van der Waals surface area contributed by atoms with E-state index in [0.717, 1.165) is 11.3 Å². The van der Waals surface area contributed by atoms with Gasteiger partial charge in [0, 0.05) is 17.7 Å². The normalized spacial score (nSPS) is 14.6. The zero-order chi connectivity index (χ0) is 24.1. The fraction of sp³-hybridized carbons (Fsp3) is 0.185. The van der Waals surface area contributed by atoms with Crippen LogP contribution in [0.1, 0.15) is 41.3 Å². The molecule has 0 radical (unpaired) electrons. The van der Waals surface area contributed by atoms with Crippen molar-refractivity contribution in [3.63, 3.8) is 0 Å². The van der Waals surface area contributed by atoms with Crippen LogP contribution in [0.25, 0.3) is 0 Å². The molecule has 34 heavy (non-hydrogen) atoms. The molecule has 0 saturated carbocycles. The van der Waals surface area contributed by atoms with Gasteiger partial charge < -0.3 is 10.6 Å². The van der Waals surface area contributed by atoms with Crippen LogP contribution in [0.4, 0.5) is 10.5 Å². The highest BCUT2D eigenvalue weighted by molar-refractivity contribution is 6.13. The molecule has 0 unspecified atom stereocenters. The van der Waals surface area contributed by atoms with E-state index in [2.05, 4.69) is 10.6 Å². The number of anilines is 1. The Morgan fingerprint density at radius 1 is 0.853 bits per heavy atom. The van der Waals surface area contributed by atoms with Crippen molar-refractivity contribution in [2.75, 3.05) is 11.9 Å². The number of nitrogens with zero attached hydrogens (tertiary/aromatic N) is 1. The third-order valence-corrected chi connectivity index (χ3v) is 5.79. The number of carbonyl (C=O) groups excluding carboxylic acids is 4. The SMILES string of the molecule is CCCC(=O)Nc1ccc(C(=O)CN2C(=O)NC(c3ccccc3)(c3ccccc3)C2=O)cc1. The topological polar surface area (TPSA) is 95.6 Å². The summed E-state index contributed by atoms with van der Waals surface area (Å²) in [5.74, 6) is -0.988. The van der Waals surface area contributed by atoms with Gasteiger partial charge in [-0.25, -0.2) is 4.79 Å². The largest absolute Gasteiger partial charge is 0.326 e. The predicted molar refractivity (Wildman–Crippen MR) is 128 cm³/mol. The quantitative estimate of drug-likeness (QED) is 0.395. The van der Waals surface area contributed by atoms with Crippen molar-refractivity contribution in [3.8, 4) is 0 Å². The Hall–Kier alpha value is -4.26. The zero-order valence-electron chi connectivity index (χ0n) is 18.8. The van der Waals surface area contributed by atoms with Gasteiger partial charge in [-0.1, -0.05) is 67.6 Å². The van der Waals surface area contributed by atoms with Gasteiger partial charge in [0.25, 0.3) is 5.91 Å². The van der Waals surface area contributed by atoms with Crippen LogP contribution in [0, 0.1) is 0 Å². The minimum Gasteiger partial charge on any atom is -0.326 e. The summed E-state index contributed by atoms with van der Waals surface area (Å²) in [4.78, 5) is 52.3. The van der Waals surface area contributed by atoms with E-state index in [0.29, 0.717) is 28.8 Å². The van der Waals surface area contributed by atoms with E-state index in [1.807, 2.05) is 19.1 Å². The molecule has 3 aromatic rings. The maximum atomic E-state index is 13.7. The summed E-state index contributed by atoms with van der Waals surface area (Å²) in [6, 6.07) is 23.8. The number of rotatable bonds is 8. The number of imide groups is 1. The average Bonchev–Trinajstić information content (AvgIpc) is 3.11. The van der Waals surface area contributed by atoms with Gasteiger partial charge >= 0.3 is 6.03 Å². The first kappa shape index (κ1) is 22.9. The lowest BCUT2D eigenvalue weighted by Crippen LogP contribution is -2.45. The van der Waals surface area contributed by atoms with Crippen molar-refractivity contribution < 1.29 is 19.2 Å². The molecule has 1 fully saturated rings. The van der Waals surface area contributed by atoms with Crippen molar-refractivity contribution in [2.24, 2.45) is 0 Å². The average molecular weight is 456 g/mol. The van der Waals surface area contributed by atoms with E-state index >= 15 is 0 Å². The zero-order valence-corrected chi connectivity index (χ0v) is 18.8. The first-order chi connectivity index (χ1) is 16.5. The molecule has 0 spiro atoms. The van der Waals surface area contributed by atoms with Gasteiger partial charge in [-0.05, 0) is 41.8 Å². The Kier molecular flexibility index (Phi) is 6.54. The van der Waals surface area contributed by atoms with Crippen LogP contribution in [-0.2, 0) is 15.1 Å². The number of carbonyl (C=O) groups is 4. The smallest absolute Gasteiger partial charge is 0.325 e. The van der Waals surface area contributed by atoms with Crippen molar-refractivity contribution in [1.29, 1.82) is 0 Å². The second-order valence-corrected chi connectivity index (χ2v) is 8.10. The van der Waals surface area contributed by atoms with Crippen LogP contribution in [-0.4, -0.2) is 35.1 Å². The van der Waals surface area contributed by atoms with Crippen molar-refractivity contribution >= 4 is 29.3 Å². The Labute approximate surface area is 197 Å². The molecule has 1 heterocycles. The number of urea groups is 1. The van der Waals surface area contributed by atoms with E-state index in [1.165, 1.54) is 0 Å². The van der Waals surface area contributed by atoms with E-state index < -0.39 is 24.0 Å². The summed E-state index contributed by atoms with van der Waals surface area (Å²) in [6.45, 7) is 1.52. The van der Waals surface area contributed by atoms with Crippen LogP contribution < -0.4 is 10.6 Å². The Morgan fingerprint density at radius 3 is 1.94 bits per heavy atom. The monoisotopic (exact) mass is 455 g/mol. The molecule has 1 aliphatic heterocycles. The minimum absolute atomic E-state index is 0.0981. The van der Waals surface area contributed by atoms with Crippen LogP contribution in [0.15, 0.2) is 84.9 Å². The molecule has 7 nitrogen and oxygen atoms in total. The fourth-order valence-electron chi connectivity index (χ4n) is 4.08. The number of hydrogen-bond donors (Lipinski definition) is 2. The lowest BCUT2D eigenvalue weighted by atomic mass is 9.82. The number of benzene rings is 3. The van der Waals surface area contributed by atoms with Gasteiger partial charge in [-0.2, -0.15) is 0 Å². The molecule has 0 atom stereocenters. The Bertz CT molecular complexity index is 1170. The first-order valence-electron chi connectivity index (χ1n) is 11.1. The van der Waals surface area contributed by atoms with E-state index in [-0.39, 0.29) is 11.7 Å². The maximum absolute atomic E-state index is 13.7. The van der Waals surface area contributed by atoms with Crippen molar-refractivity contribution in [1.82, 2.24) is 10.2 Å². The summed E-state index contributed by atoms with van der Waals surface area (Å²) in [6.07, 6.45) is 1.15. The van der Waals surface area contributed by atoms with Gasteiger partial charge in [0.2, 0.25) is 5.91 Å². The summed E-state index contributed by atoms with van der Waals surface area (Å²) >= 11 is 0. The van der Waals surface area contributed by atoms with Crippen LogP contribution in [0.3, 0.4) is 0 Å². The third kappa shape index (κ3) is 4.32. The molecule has 3 aromatic carbocycles. The van der Waals surface area contributed by atoms with Gasteiger partial charge in [0.15, 0.2) is 11.3 Å². The number of nitrogens with one attached hydrogen (secondary N) is 2. The summed E-state index contributed by atoms with van der Waals surface area (Å²) < 4.78 is 0. The summed E-state index contributed by atoms with van der Waals surface area (Å²) in [5.41, 5.74) is 0.736. The second-order valence-electron chi connectivity index (χ2n) is 8.10. The Balaban J connectivity index is 1.57. The molecule has 4 amide bonds. The van der Waals surface area contributed by atoms with Crippen molar-refractivity contribution in [3.05, 3.63) is 102 Å². The molecule has 4 rings (SSSR count). The predicted octanol–water partition coefficient (Wildman–Crippen LogP) is 4.10. The molecule has 1 aliphatic rings. The highest BCUT2D eigenvalue weighted by Crippen LogP contribution is 2.36. The maximum Gasteiger partial charge on any atom is 0.325 e. The molecule has 172 valence electrons. The first-order valence-corrected chi connectivity index (χ1v) is 11.1. The highest BCUT2D eigenvalue weighted by atomic mass is 16.2. The summed E-state index contributed by atoms with van der Waals surface area (Å²) in [5, 5.41) is 5.60. The number of amides is 4. The Morgan fingerprint density at radius 2 is 1.41 bits per heavy atom. The van der Waals surface area contributed by atoms with E-state index in [9.17, 15) is 19.2 Å². The molecular formula is C27H25N3O4. The number of Topliss-reactive ketones (excluding diaryl/α,β-unsaturated/α-hetero) is 1. The number of ketones is 1. The van der Waals surface area contributed by atoms with Crippen LogP contribution >= 0.6 is 0 Å². The standard InChI is InChI=1S/C27H25N3O4/c1-2-9-24(32)28-22-16-14-19(15-17-22)23(31)18-30-25(33)27(29-26(30)34,20-10-5-3-6-11-20)21-12-7-4-8-13-21/h3-8,10-17H,2,9,18H2,1H3,(H,28,32)(H,29,34). The molecule has 0 bridgehead atoms. The minimum atomic E-state index is -1.41. The van der Waals surface area contributed by atoms with E-state index in [4.69, 9.17) is 0 Å². The van der Waals surface area contributed by atoms with Gasteiger partial charge in [-0.15, -0.1) is 0 Å². The van der Waals surface area contributed by atoms with Gasteiger partial charge in [-0.3, -0.25) is 19.3 Å². The molecule has 2 N–H and O–H groups in total. The molecule has 7 heteroatoms. The lowest BCUT2D eigenvalue weighted by molar-refractivity contribution is -0.130. The lowest BCUT2D eigenvalue weighted by Gasteiger charge is -2.28. The third-order valence-electron chi connectivity index (χ3n) is 5.79.